The molecule has 6 heteroatoms. The number of quaternary nitrogens is 1. The third-order valence-corrected chi connectivity index (χ3v) is 4.24. The van der Waals surface area contributed by atoms with Crippen molar-refractivity contribution in [2.24, 2.45) is 0 Å². The fourth-order valence-corrected chi connectivity index (χ4v) is 3.19. The highest BCUT2D eigenvalue weighted by atomic mass is 19.1. The van der Waals surface area contributed by atoms with Crippen molar-refractivity contribution in [2.75, 3.05) is 13.1 Å². The summed E-state index contributed by atoms with van der Waals surface area (Å²) in [6.45, 7) is 8.47. The minimum Gasteiger partial charge on any atom is -0.322 e. The summed E-state index contributed by atoms with van der Waals surface area (Å²) in [4.78, 5) is 1.45. The number of nitrogens with one attached hydrogen (secondary N) is 1. The van der Waals surface area contributed by atoms with Crippen molar-refractivity contribution in [3.05, 3.63) is 41.5 Å². The maximum absolute atomic E-state index is 13.3. The van der Waals surface area contributed by atoms with Gasteiger partial charge in [-0.25, -0.2) is 9.07 Å². The van der Waals surface area contributed by atoms with Gasteiger partial charge in [0.1, 0.15) is 5.82 Å². The van der Waals surface area contributed by atoms with Gasteiger partial charge in [0, 0.05) is 18.4 Å². The number of hydrogen-bond acceptors (Lipinski definition) is 3. The number of halogens is 1. The maximum Gasteiger partial charge on any atom is 0.214 e. The van der Waals surface area contributed by atoms with E-state index in [4.69, 9.17) is 0 Å². The smallest absolute Gasteiger partial charge is 0.214 e. The van der Waals surface area contributed by atoms with Crippen LogP contribution in [0.25, 0.3) is 0 Å². The topological polar surface area (TPSA) is 48.0 Å². The van der Waals surface area contributed by atoms with Crippen LogP contribution < -0.4 is 4.90 Å². The molecule has 1 atom stereocenters. The predicted molar refractivity (Wildman–Crippen MR) is 81.0 cm³/mol. The van der Waals surface area contributed by atoms with Gasteiger partial charge in [0.15, 0.2) is 6.04 Å². The molecule has 2 heterocycles. The lowest BCUT2D eigenvalue weighted by Crippen LogP contribution is -3.10. The summed E-state index contributed by atoms with van der Waals surface area (Å²) < 4.78 is 15.2. The lowest BCUT2D eigenvalue weighted by molar-refractivity contribution is -0.914. The molecular weight excluding hydrogens is 281 g/mol. The van der Waals surface area contributed by atoms with Crippen molar-refractivity contribution in [3.8, 4) is 0 Å². The maximum atomic E-state index is 13.3. The molecule has 22 heavy (non-hydrogen) atoms. The first kappa shape index (κ1) is 15.1. The van der Waals surface area contributed by atoms with Crippen molar-refractivity contribution in [1.82, 2.24) is 20.2 Å². The van der Waals surface area contributed by atoms with E-state index in [1.165, 1.54) is 29.9 Å². The summed E-state index contributed by atoms with van der Waals surface area (Å²) in [5, 5.41) is 12.4. The Hall–Kier alpha value is -1.82. The quantitative estimate of drug-likeness (QED) is 0.931. The van der Waals surface area contributed by atoms with E-state index in [9.17, 15) is 4.39 Å². The van der Waals surface area contributed by atoms with Crippen LogP contribution in [0.4, 0.5) is 4.39 Å². The Bertz CT molecular complexity index is 623. The number of nitrogens with zero attached hydrogens (tertiary/aromatic N) is 4. The highest BCUT2D eigenvalue weighted by Crippen LogP contribution is 2.23. The van der Waals surface area contributed by atoms with E-state index in [2.05, 4.69) is 36.3 Å². The van der Waals surface area contributed by atoms with E-state index >= 15 is 0 Å². The third kappa shape index (κ3) is 2.88. The molecule has 1 aliphatic heterocycles. The molecule has 0 radical (unpaired) electrons. The first-order chi connectivity index (χ1) is 10.5. The third-order valence-electron chi connectivity index (χ3n) is 4.24. The molecule has 118 valence electrons. The van der Waals surface area contributed by atoms with Gasteiger partial charge >= 0.3 is 0 Å². The molecule has 0 amide bonds. The minimum absolute atomic E-state index is 0.0531. The Morgan fingerprint density at radius 3 is 2.36 bits per heavy atom. The molecule has 0 aliphatic carbocycles. The highest BCUT2D eigenvalue weighted by Gasteiger charge is 2.35. The van der Waals surface area contributed by atoms with Gasteiger partial charge in [0.05, 0.1) is 18.6 Å². The fraction of sp³-hybridized carbons (Fsp3) is 0.562. The molecule has 1 aromatic heterocycles. The molecule has 0 unspecified atom stereocenters. The van der Waals surface area contributed by atoms with E-state index in [0.29, 0.717) is 0 Å². The molecular formula is C16H23FN5+. The number of tetrazole rings is 1. The number of aromatic nitrogens is 4. The minimum atomic E-state index is -0.214. The van der Waals surface area contributed by atoms with Gasteiger partial charge in [-0.3, -0.25) is 0 Å². The van der Waals surface area contributed by atoms with Crippen LogP contribution in [0.15, 0.2) is 24.3 Å². The number of likely N-dealkylation sites (tertiary alicyclic amines) is 1. The Labute approximate surface area is 130 Å². The van der Waals surface area contributed by atoms with Gasteiger partial charge in [-0.05, 0) is 55.5 Å². The normalized spacial score (nSPS) is 17.8. The van der Waals surface area contributed by atoms with Gasteiger partial charge in [0.25, 0.3) is 0 Å². The van der Waals surface area contributed by atoms with Gasteiger partial charge in [-0.1, -0.05) is 0 Å². The monoisotopic (exact) mass is 304 g/mol. The molecule has 0 saturated carbocycles. The van der Waals surface area contributed by atoms with Gasteiger partial charge in [-0.15, -0.1) is 5.10 Å². The second-order valence-corrected chi connectivity index (χ2v) is 6.97. The molecule has 0 bridgehead atoms. The summed E-state index contributed by atoms with van der Waals surface area (Å²) in [5.41, 5.74) is 0.884. The van der Waals surface area contributed by atoms with E-state index in [1.54, 1.807) is 0 Å². The van der Waals surface area contributed by atoms with Crippen LogP contribution in [-0.2, 0) is 5.54 Å². The second kappa shape index (κ2) is 5.76. The van der Waals surface area contributed by atoms with Crippen LogP contribution in [0.3, 0.4) is 0 Å². The fourth-order valence-electron chi connectivity index (χ4n) is 3.19. The van der Waals surface area contributed by atoms with Gasteiger partial charge < -0.3 is 4.90 Å². The highest BCUT2D eigenvalue weighted by molar-refractivity contribution is 5.23. The first-order valence-corrected chi connectivity index (χ1v) is 7.85. The molecule has 5 nitrogen and oxygen atoms in total. The molecule has 2 aromatic rings. The van der Waals surface area contributed by atoms with E-state index in [-0.39, 0.29) is 17.4 Å². The molecule has 1 saturated heterocycles. The average molecular weight is 304 g/mol. The molecule has 0 spiro atoms. The Morgan fingerprint density at radius 2 is 1.77 bits per heavy atom. The largest absolute Gasteiger partial charge is 0.322 e. The lowest BCUT2D eigenvalue weighted by Gasteiger charge is -2.27. The van der Waals surface area contributed by atoms with Crippen LogP contribution in [0.2, 0.25) is 0 Å². The molecule has 1 fully saturated rings. The summed E-state index contributed by atoms with van der Waals surface area (Å²) in [7, 11) is 0. The number of hydrogen-bond donors (Lipinski definition) is 1. The van der Waals surface area contributed by atoms with Crippen LogP contribution in [-0.4, -0.2) is 33.3 Å². The SMILES string of the molecule is CC(C)(C)n1nnnc1[C@@H](c1ccc(F)cc1)[NH+]1CCCC1. The van der Waals surface area contributed by atoms with Gasteiger partial charge in [-0.2, -0.15) is 0 Å². The molecule has 1 N–H and O–H groups in total. The predicted octanol–water partition coefficient (Wildman–Crippen LogP) is 1.34. The Morgan fingerprint density at radius 1 is 1.14 bits per heavy atom. The molecule has 1 aliphatic rings. The van der Waals surface area contributed by atoms with E-state index in [0.717, 1.165) is 24.5 Å². The average Bonchev–Trinajstić information content (AvgIpc) is 3.12. The summed E-state index contributed by atoms with van der Waals surface area (Å²) in [5.74, 6) is 0.644. The number of benzene rings is 1. The summed E-state index contributed by atoms with van der Waals surface area (Å²) >= 11 is 0. The zero-order valence-corrected chi connectivity index (χ0v) is 13.4. The van der Waals surface area contributed by atoms with Crippen molar-refractivity contribution >= 4 is 0 Å². The van der Waals surface area contributed by atoms with E-state index < -0.39 is 0 Å². The molecule has 3 rings (SSSR count). The number of rotatable bonds is 3. The van der Waals surface area contributed by atoms with Crippen LogP contribution >= 0.6 is 0 Å². The first-order valence-electron chi connectivity index (χ1n) is 7.85. The van der Waals surface area contributed by atoms with Gasteiger partial charge in [0.2, 0.25) is 5.82 Å². The summed E-state index contributed by atoms with van der Waals surface area (Å²) in [6.07, 6.45) is 2.42. The zero-order valence-electron chi connectivity index (χ0n) is 13.4. The Kier molecular flexibility index (Phi) is 3.95. The van der Waals surface area contributed by atoms with Crippen molar-refractivity contribution < 1.29 is 9.29 Å². The van der Waals surface area contributed by atoms with Crippen molar-refractivity contribution in [2.45, 2.75) is 45.2 Å². The van der Waals surface area contributed by atoms with Crippen molar-refractivity contribution in [1.29, 1.82) is 0 Å². The zero-order chi connectivity index (χ0) is 15.7. The Balaban J connectivity index is 2.06. The standard InChI is InChI=1S/C16H22FN5/c1-16(2,3)22-15(18-19-20-22)14(21-10-4-5-11-21)12-6-8-13(17)9-7-12/h6-9,14H,4-5,10-11H2,1-3H3/p+1/t14-/m1/s1. The van der Waals surface area contributed by atoms with E-state index in [1.807, 2.05) is 16.8 Å². The van der Waals surface area contributed by atoms with Crippen LogP contribution in [0.5, 0.6) is 0 Å². The molecule has 1 aromatic carbocycles. The van der Waals surface area contributed by atoms with Crippen LogP contribution in [0, 0.1) is 5.82 Å². The van der Waals surface area contributed by atoms with Crippen molar-refractivity contribution in [3.63, 3.8) is 0 Å². The van der Waals surface area contributed by atoms with Crippen LogP contribution in [0.1, 0.15) is 51.0 Å². The summed E-state index contributed by atoms with van der Waals surface area (Å²) in [6, 6.07) is 6.80. The second-order valence-electron chi connectivity index (χ2n) is 6.97. The lowest BCUT2D eigenvalue weighted by atomic mass is 10.0.